The van der Waals surface area contributed by atoms with Gasteiger partial charge in [0.05, 0.1) is 5.56 Å². The first kappa shape index (κ1) is 16.9. The minimum absolute atomic E-state index is 0.0188. The average Bonchev–Trinajstić information content (AvgIpc) is 2.58. The molecule has 0 amide bonds. The molecule has 1 heterocycles. The van der Waals surface area contributed by atoms with Crippen LogP contribution in [-0.2, 0) is 13.0 Å². The molecule has 2 aromatic carbocycles. The van der Waals surface area contributed by atoms with Crippen LogP contribution in [0.1, 0.15) is 35.3 Å². The van der Waals surface area contributed by atoms with E-state index in [1.807, 2.05) is 25.1 Å². The second-order valence-electron chi connectivity index (χ2n) is 5.76. The highest BCUT2D eigenvalue weighted by atomic mass is 19.1. The Labute approximate surface area is 143 Å². The summed E-state index contributed by atoms with van der Waals surface area (Å²) in [5, 5.41) is 0.776. The van der Waals surface area contributed by atoms with Crippen molar-refractivity contribution in [3.8, 4) is 5.75 Å². The average molecular weight is 340 g/mol. The van der Waals surface area contributed by atoms with Gasteiger partial charge in [0.15, 0.2) is 5.78 Å². The van der Waals surface area contributed by atoms with Gasteiger partial charge in [-0.15, -0.1) is 0 Å². The minimum atomic E-state index is -0.630. The van der Waals surface area contributed by atoms with Crippen LogP contribution in [0.15, 0.2) is 51.7 Å². The van der Waals surface area contributed by atoms with Crippen LogP contribution < -0.4 is 10.4 Å². The number of rotatable bonds is 5. The van der Waals surface area contributed by atoms with E-state index in [-0.39, 0.29) is 23.7 Å². The molecule has 3 rings (SSSR count). The molecular weight excluding hydrogens is 323 g/mol. The van der Waals surface area contributed by atoms with Crippen molar-refractivity contribution in [2.45, 2.75) is 26.9 Å². The molecule has 1 aromatic heterocycles. The molecule has 25 heavy (non-hydrogen) atoms. The number of ketones is 1. The van der Waals surface area contributed by atoms with E-state index in [1.54, 1.807) is 0 Å². The SMILES string of the molecule is CCc1ccc2c(COc3ccc(C(C)=O)c(F)c3)cc(=O)oc2c1. The Balaban J connectivity index is 1.89. The van der Waals surface area contributed by atoms with Gasteiger partial charge in [0, 0.05) is 23.1 Å². The molecule has 0 atom stereocenters. The van der Waals surface area contributed by atoms with Crippen LogP contribution >= 0.6 is 0 Å². The Bertz CT molecular complexity index is 1000. The van der Waals surface area contributed by atoms with Crippen molar-refractivity contribution in [3.05, 3.63) is 75.4 Å². The summed E-state index contributed by atoms with van der Waals surface area (Å²) in [6.07, 6.45) is 0.835. The minimum Gasteiger partial charge on any atom is -0.489 e. The monoisotopic (exact) mass is 340 g/mol. The fourth-order valence-corrected chi connectivity index (χ4v) is 2.65. The molecule has 0 aliphatic heterocycles. The molecule has 0 spiro atoms. The third-order valence-corrected chi connectivity index (χ3v) is 4.02. The number of fused-ring (bicyclic) bond motifs is 1. The molecule has 4 nitrogen and oxygen atoms in total. The Morgan fingerprint density at radius 3 is 2.64 bits per heavy atom. The summed E-state index contributed by atoms with van der Waals surface area (Å²) in [7, 11) is 0. The van der Waals surface area contributed by atoms with E-state index >= 15 is 0 Å². The number of halogens is 1. The van der Waals surface area contributed by atoms with Gasteiger partial charge in [-0.2, -0.15) is 0 Å². The fraction of sp³-hybridized carbons (Fsp3) is 0.200. The van der Waals surface area contributed by atoms with E-state index in [1.165, 1.54) is 31.2 Å². The molecule has 0 N–H and O–H groups in total. The molecule has 0 radical (unpaired) electrons. The highest BCUT2D eigenvalue weighted by molar-refractivity contribution is 5.94. The number of hydrogen-bond acceptors (Lipinski definition) is 4. The van der Waals surface area contributed by atoms with Crippen molar-refractivity contribution in [2.75, 3.05) is 0 Å². The van der Waals surface area contributed by atoms with Gasteiger partial charge in [0.2, 0.25) is 0 Å². The number of ether oxygens (including phenoxy) is 1. The third-order valence-electron chi connectivity index (χ3n) is 4.02. The number of benzene rings is 2. The van der Waals surface area contributed by atoms with E-state index in [0.29, 0.717) is 11.1 Å². The summed E-state index contributed by atoms with van der Waals surface area (Å²) in [5.41, 5.74) is 1.78. The lowest BCUT2D eigenvalue weighted by atomic mass is 10.1. The van der Waals surface area contributed by atoms with Crippen molar-refractivity contribution in [1.82, 2.24) is 0 Å². The normalized spacial score (nSPS) is 10.8. The highest BCUT2D eigenvalue weighted by Crippen LogP contribution is 2.22. The van der Waals surface area contributed by atoms with Gasteiger partial charge in [-0.1, -0.05) is 19.1 Å². The largest absolute Gasteiger partial charge is 0.489 e. The van der Waals surface area contributed by atoms with Gasteiger partial charge in [-0.05, 0) is 37.1 Å². The van der Waals surface area contributed by atoms with Crippen molar-refractivity contribution < 1.29 is 18.3 Å². The van der Waals surface area contributed by atoms with E-state index in [4.69, 9.17) is 9.15 Å². The van der Waals surface area contributed by atoms with Crippen molar-refractivity contribution in [2.24, 2.45) is 0 Å². The first-order valence-electron chi connectivity index (χ1n) is 7.97. The molecule has 0 aliphatic carbocycles. The standard InChI is InChI=1S/C20H17FO4/c1-3-13-4-6-17-14(9-20(23)25-19(17)8-13)11-24-15-5-7-16(12(2)22)18(21)10-15/h4-10H,3,11H2,1-2H3. The number of aryl methyl sites for hydroxylation is 1. The zero-order valence-electron chi connectivity index (χ0n) is 14.0. The van der Waals surface area contributed by atoms with E-state index in [0.717, 1.165) is 17.4 Å². The van der Waals surface area contributed by atoms with Crippen molar-refractivity contribution in [3.63, 3.8) is 0 Å². The highest BCUT2D eigenvalue weighted by Gasteiger charge is 2.10. The molecule has 0 saturated heterocycles. The maximum absolute atomic E-state index is 13.9. The van der Waals surface area contributed by atoms with Crippen LogP contribution in [0.4, 0.5) is 4.39 Å². The van der Waals surface area contributed by atoms with Gasteiger partial charge in [0.25, 0.3) is 0 Å². The van der Waals surface area contributed by atoms with Crippen LogP contribution in [0.25, 0.3) is 11.0 Å². The smallest absolute Gasteiger partial charge is 0.336 e. The first-order chi connectivity index (χ1) is 12.0. The fourth-order valence-electron chi connectivity index (χ4n) is 2.65. The van der Waals surface area contributed by atoms with Crippen molar-refractivity contribution in [1.29, 1.82) is 0 Å². The summed E-state index contributed by atoms with van der Waals surface area (Å²) in [5.74, 6) is -0.688. The van der Waals surface area contributed by atoms with E-state index < -0.39 is 11.4 Å². The molecular formula is C20H17FO4. The zero-order chi connectivity index (χ0) is 18.0. The van der Waals surface area contributed by atoms with Gasteiger partial charge in [-0.25, -0.2) is 9.18 Å². The maximum Gasteiger partial charge on any atom is 0.336 e. The maximum atomic E-state index is 13.9. The zero-order valence-corrected chi connectivity index (χ0v) is 14.0. The van der Waals surface area contributed by atoms with E-state index in [2.05, 4.69) is 0 Å². The predicted molar refractivity (Wildman–Crippen MR) is 92.6 cm³/mol. The molecule has 0 unspecified atom stereocenters. The molecule has 128 valence electrons. The lowest BCUT2D eigenvalue weighted by molar-refractivity contribution is 0.101. The van der Waals surface area contributed by atoms with Gasteiger partial charge in [-0.3, -0.25) is 4.79 Å². The molecule has 0 aliphatic rings. The van der Waals surface area contributed by atoms with Crippen LogP contribution in [-0.4, -0.2) is 5.78 Å². The molecule has 0 saturated carbocycles. The summed E-state index contributed by atoms with van der Waals surface area (Å²) in [4.78, 5) is 23.0. The van der Waals surface area contributed by atoms with Crippen LogP contribution in [0.2, 0.25) is 0 Å². The Hall–Kier alpha value is -2.95. The number of carbonyl (C=O) groups is 1. The predicted octanol–water partition coefficient (Wildman–Crippen LogP) is 4.28. The number of carbonyl (C=O) groups excluding carboxylic acids is 1. The number of Topliss-reactive ketones (excluding diaryl/α,β-unsaturated/α-hetero) is 1. The first-order valence-corrected chi connectivity index (χ1v) is 7.97. The molecule has 5 heteroatoms. The van der Waals surface area contributed by atoms with E-state index in [9.17, 15) is 14.0 Å². The lowest BCUT2D eigenvalue weighted by Crippen LogP contribution is -2.05. The Kier molecular flexibility index (Phi) is 4.65. The third kappa shape index (κ3) is 3.60. The number of hydrogen-bond donors (Lipinski definition) is 0. The second kappa shape index (κ2) is 6.89. The van der Waals surface area contributed by atoms with Gasteiger partial charge < -0.3 is 9.15 Å². The molecule has 3 aromatic rings. The summed E-state index contributed by atoms with van der Waals surface area (Å²) in [6.45, 7) is 3.41. The van der Waals surface area contributed by atoms with Crippen molar-refractivity contribution >= 4 is 16.8 Å². The summed E-state index contributed by atoms with van der Waals surface area (Å²) in [6, 6.07) is 11.1. The lowest BCUT2D eigenvalue weighted by Gasteiger charge is -2.10. The van der Waals surface area contributed by atoms with Gasteiger partial charge >= 0.3 is 5.63 Å². The van der Waals surface area contributed by atoms with Crippen LogP contribution in [0.3, 0.4) is 0 Å². The topological polar surface area (TPSA) is 56.5 Å². The van der Waals surface area contributed by atoms with Crippen LogP contribution in [0.5, 0.6) is 5.75 Å². The second-order valence-corrected chi connectivity index (χ2v) is 5.76. The Morgan fingerprint density at radius 1 is 1.16 bits per heavy atom. The Morgan fingerprint density at radius 2 is 1.96 bits per heavy atom. The summed E-state index contributed by atoms with van der Waals surface area (Å²) >= 11 is 0. The summed E-state index contributed by atoms with van der Waals surface area (Å²) < 4.78 is 24.7. The quantitative estimate of drug-likeness (QED) is 0.514. The van der Waals surface area contributed by atoms with Crippen LogP contribution in [0, 0.1) is 5.82 Å². The molecule has 0 bridgehead atoms. The van der Waals surface area contributed by atoms with Gasteiger partial charge in [0.1, 0.15) is 23.8 Å². The molecule has 0 fully saturated rings.